The van der Waals surface area contributed by atoms with Gasteiger partial charge in [0.1, 0.15) is 0 Å². The van der Waals surface area contributed by atoms with E-state index in [2.05, 4.69) is 26.9 Å². The fourth-order valence-electron chi connectivity index (χ4n) is 3.47. The Morgan fingerprint density at radius 1 is 1.04 bits per heavy atom. The van der Waals surface area contributed by atoms with Gasteiger partial charge in [0, 0.05) is 50.3 Å². The van der Waals surface area contributed by atoms with Gasteiger partial charge in [-0.1, -0.05) is 34.1 Å². The molecule has 1 aromatic carbocycles. The van der Waals surface area contributed by atoms with Crippen molar-refractivity contribution in [3.8, 4) is 0 Å². The van der Waals surface area contributed by atoms with E-state index in [9.17, 15) is 8.42 Å². The Balaban J connectivity index is 1.59. The first-order valence-corrected chi connectivity index (χ1v) is 10.9. The molecule has 0 amide bonds. The smallest absolute Gasteiger partial charge is 0.282 e. The molecule has 1 aromatic rings. The van der Waals surface area contributed by atoms with E-state index in [1.54, 1.807) is 8.61 Å². The number of nitrogens with zero attached hydrogens (tertiary/aromatic N) is 3. The maximum absolute atomic E-state index is 12.9. The SMILES string of the molecule is C[C@@H]1CN(S(=O)(=O)N2CCN(Cc3ccccc3Br)CC2)C[C@H](C)O1. The van der Waals surface area contributed by atoms with Gasteiger partial charge in [-0.05, 0) is 25.5 Å². The molecule has 2 aliphatic rings. The van der Waals surface area contributed by atoms with Crippen LogP contribution in [0.25, 0.3) is 0 Å². The van der Waals surface area contributed by atoms with Crippen molar-refractivity contribution in [1.82, 2.24) is 13.5 Å². The minimum atomic E-state index is -3.40. The average Bonchev–Trinajstić information content (AvgIpc) is 2.56. The van der Waals surface area contributed by atoms with Crippen LogP contribution in [0.1, 0.15) is 19.4 Å². The number of ether oxygens (including phenoxy) is 1. The lowest BCUT2D eigenvalue weighted by Gasteiger charge is -2.40. The topological polar surface area (TPSA) is 53.1 Å². The molecule has 0 spiro atoms. The van der Waals surface area contributed by atoms with E-state index >= 15 is 0 Å². The number of halogens is 1. The van der Waals surface area contributed by atoms with Crippen molar-refractivity contribution in [2.75, 3.05) is 39.3 Å². The Morgan fingerprint density at radius 2 is 1.64 bits per heavy atom. The van der Waals surface area contributed by atoms with E-state index in [1.165, 1.54) is 5.56 Å². The Morgan fingerprint density at radius 3 is 2.24 bits per heavy atom. The summed E-state index contributed by atoms with van der Waals surface area (Å²) in [6.07, 6.45) is -0.120. The summed E-state index contributed by atoms with van der Waals surface area (Å²) in [5.74, 6) is 0. The quantitative estimate of drug-likeness (QED) is 0.730. The standard InChI is InChI=1S/C17H26BrN3O3S/c1-14-11-21(12-15(2)24-14)25(22,23)20-9-7-19(8-10-20)13-16-5-3-4-6-17(16)18/h3-6,14-15H,7-13H2,1-2H3/t14-,15+. The minimum Gasteiger partial charge on any atom is -0.373 e. The Hall–Kier alpha value is -0.510. The van der Waals surface area contributed by atoms with Gasteiger partial charge in [-0.2, -0.15) is 17.0 Å². The van der Waals surface area contributed by atoms with Crippen LogP contribution < -0.4 is 0 Å². The van der Waals surface area contributed by atoms with Gasteiger partial charge in [-0.15, -0.1) is 0 Å². The molecule has 0 radical (unpaired) electrons. The predicted molar refractivity (Wildman–Crippen MR) is 101 cm³/mol. The van der Waals surface area contributed by atoms with Crippen LogP contribution in [0.2, 0.25) is 0 Å². The lowest BCUT2D eigenvalue weighted by Crippen LogP contribution is -2.57. The van der Waals surface area contributed by atoms with Gasteiger partial charge in [0.05, 0.1) is 12.2 Å². The molecule has 2 atom stereocenters. The average molecular weight is 432 g/mol. The molecule has 0 aliphatic carbocycles. The summed E-state index contributed by atoms with van der Waals surface area (Å²) in [5, 5.41) is 0. The minimum absolute atomic E-state index is 0.0600. The molecular formula is C17H26BrN3O3S. The van der Waals surface area contributed by atoms with Gasteiger partial charge >= 0.3 is 0 Å². The molecule has 6 nitrogen and oxygen atoms in total. The first-order chi connectivity index (χ1) is 11.9. The van der Waals surface area contributed by atoms with Gasteiger partial charge in [0.2, 0.25) is 0 Å². The maximum atomic E-state index is 12.9. The van der Waals surface area contributed by atoms with Crippen molar-refractivity contribution in [3.63, 3.8) is 0 Å². The van der Waals surface area contributed by atoms with Crippen LogP contribution in [0.3, 0.4) is 0 Å². The molecule has 0 N–H and O–H groups in total. The van der Waals surface area contributed by atoms with E-state index in [0.29, 0.717) is 26.2 Å². The first kappa shape index (κ1) is 19.3. The Kier molecular flexibility index (Phi) is 6.18. The summed E-state index contributed by atoms with van der Waals surface area (Å²) >= 11 is 3.58. The summed E-state index contributed by atoms with van der Waals surface area (Å²) in [6.45, 7) is 8.11. The molecule has 2 aliphatic heterocycles. The zero-order chi connectivity index (χ0) is 18.0. The Labute approximate surface area is 159 Å². The highest BCUT2D eigenvalue weighted by molar-refractivity contribution is 9.10. The summed E-state index contributed by atoms with van der Waals surface area (Å²) in [4.78, 5) is 2.30. The predicted octanol–water partition coefficient (Wildman–Crippen LogP) is 1.92. The molecule has 0 bridgehead atoms. The van der Waals surface area contributed by atoms with Gasteiger partial charge in [0.25, 0.3) is 10.2 Å². The van der Waals surface area contributed by atoms with Crippen LogP contribution in [-0.4, -0.2) is 73.4 Å². The van der Waals surface area contributed by atoms with Crippen molar-refractivity contribution in [2.24, 2.45) is 0 Å². The fourth-order valence-corrected chi connectivity index (χ4v) is 5.63. The second-order valence-electron chi connectivity index (χ2n) is 6.85. The van der Waals surface area contributed by atoms with E-state index in [4.69, 9.17) is 4.74 Å². The Bertz CT molecular complexity index is 682. The lowest BCUT2D eigenvalue weighted by atomic mass is 10.2. The number of morpholine rings is 1. The largest absolute Gasteiger partial charge is 0.373 e. The van der Waals surface area contributed by atoms with Crippen molar-refractivity contribution >= 4 is 26.1 Å². The molecule has 3 rings (SSSR count). The van der Waals surface area contributed by atoms with Crippen LogP contribution in [0.15, 0.2) is 28.7 Å². The molecule has 25 heavy (non-hydrogen) atoms. The number of rotatable bonds is 4. The van der Waals surface area contributed by atoms with E-state index in [0.717, 1.165) is 24.1 Å². The van der Waals surface area contributed by atoms with Crippen LogP contribution >= 0.6 is 15.9 Å². The van der Waals surface area contributed by atoms with Crippen LogP contribution in [0.4, 0.5) is 0 Å². The molecular weight excluding hydrogens is 406 g/mol. The van der Waals surface area contributed by atoms with Gasteiger partial charge < -0.3 is 4.74 Å². The number of hydrogen-bond acceptors (Lipinski definition) is 4. The monoisotopic (exact) mass is 431 g/mol. The fraction of sp³-hybridized carbons (Fsp3) is 0.647. The van der Waals surface area contributed by atoms with Gasteiger partial charge in [-0.3, -0.25) is 4.90 Å². The van der Waals surface area contributed by atoms with Crippen molar-refractivity contribution in [3.05, 3.63) is 34.3 Å². The van der Waals surface area contributed by atoms with Crippen LogP contribution in [-0.2, 0) is 21.5 Å². The molecule has 8 heteroatoms. The zero-order valence-corrected chi connectivity index (χ0v) is 17.2. The zero-order valence-electron chi connectivity index (χ0n) is 14.8. The molecule has 0 aromatic heterocycles. The third kappa shape index (κ3) is 4.61. The summed E-state index contributed by atoms with van der Waals surface area (Å²) in [7, 11) is -3.40. The van der Waals surface area contributed by atoms with Crippen LogP contribution in [0, 0.1) is 0 Å². The van der Waals surface area contributed by atoms with E-state index < -0.39 is 10.2 Å². The molecule has 0 unspecified atom stereocenters. The normalized spacial score (nSPS) is 27.5. The van der Waals surface area contributed by atoms with Crippen LogP contribution in [0.5, 0.6) is 0 Å². The van der Waals surface area contributed by atoms with E-state index in [-0.39, 0.29) is 12.2 Å². The third-order valence-corrected chi connectivity index (χ3v) is 7.46. The molecule has 2 fully saturated rings. The highest BCUT2D eigenvalue weighted by Gasteiger charge is 2.36. The maximum Gasteiger partial charge on any atom is 0.282 e. The summed E-state index contributed by atoms with van der Waals surface area (Å²) in [6, 6.07) is 8.17. The molecule has 2 saturated heterocycles. The second-order valence-corrected chi connectivity index (χ2v) is 9.63. The molecule has 2 heterocycles. The number of piperazine rings is 1. The first-order valence-electron chi connectivity index (χ1n) is 8.72. The molecule has 0 saturated carbocycles. The van der Waals surface area contributed by atoms with Gasteiger partial charge in [0.15, 0.2) is 0 Å². The summed E-state index contributed by atoms with van der Waals surface area (Å²) in [5.41, 5.74) is 1.23. The number of benzene rings is 1. The molecule has 140 valence electrons. The second kappa shape index (κ2) is 8.02. The van der Waals surface area contributed by atoms with Crippen molar-refractivity contribution < 1.29 is 13.2 Å². The van der Waals surface area contributed by atoms with E-state index in [1.807, 2.05) is 32.0 Å². The van der Waals surface area contributed by atoms with Gasteiger partial charge in [-0.25, -0.2) is 0 Å². The van der Waals surface area contributed by atoms with Crippen molar-refractivity contribution in [2.45, 2.75) is 32.6 Å². The highest BCUT2D eigenvalue weighted by atomic mass is 79.9. The number of hydrogen-bond donors (Lipinski definition) is 0. The summed E-state index contributed by atoms with van der Waals surface area (Å²) < 4.78 is 35.8. The third-order valence-electron chi connectivity index (χ3n) is 4.72. The van der Waals surface area contributed by atoms with Crippen molar-refractivity contribution in [1.29, 1.82) is 0 Å². The highest BCUT2D eigenvalue weighted by Crippen LogP contribution is 2.21. The lowest BCUT2D eigenvalue weighted by molar-refractivity contribution is -0.0457.